The lowest BCUT2D eigenvalue weighted by Crippen LogP contribution is -2.45. The number of nitrogens with zero attached hydrogens (tertiary/aromatic N) is 4. The first-order chi connectivity index (χ1) is 15.1. The number of hydrogen-bond acceptors (Lipinski definition) is 7. The standard InChI is InChI=1S/C22H24N4O4S/c1-2-29-19-5-7-20(8-6-19)31(27,28)26-17-3-4-18(26)14-16(13-17)22-24-21(25-30-22)15-9-11-23-12-10-15/h5-12,16-18H,2-4,13-14H2,1H3/t16?,17-,18+. The Hall–Kier alpha value is -2.78. The summed E-state index contributed by atoms with van der Waals surface area (Å²) >= 11 is 0. The average Bonchev–Trinajstić information content (AvgIpc) is 3.39. The molecule has 9 heteroatoms. The molecule has 0 amide bonds. The lowest BCUT2D eigenvalue weighted by atomic mass is 9.92. The van der Waals surface area contributed by atoms with Gasteiger partial charge in [-0.05, 0) is 69.0 Å². The van der Waals surface area contributed by atoms with E-state index in [0.717, 1.165) is 18.4 Å². The van der Waals surface area contributed by atoms with Crippen molar-refractivity contribution >= 4 is 10.0 Å². The Bertz CT molecular complexity index is 1130. The lowest BCUT2D eigenvalue weighted by molar-refractivity contribution is 0.202. The third-order valence-corrected chi connectivity index (χ3v) is 8.12. The van der Waals surface area contributed by atoms with E-state index in [-0.39, 0.29) is 18.0 Å². The maximum atomic E-state index is 13.4. The van der Waals surface area contributed by atoms with Crippen LogP contribution in [0.2, 0.25) is 0 Å². The summed E-state index contributed by atoms with van der Waals surface area (Å²) in [6.07, 6.45) is 6.45. The van der Waals surface area contributed by atoms with Gasteiger partial charge in [-0.25, -0.2) is 8.42 Å². The molecule has 2 saturated heterocycles. The minimum atomic E-state index is -3.57. The van der Waals surface area contributed by atoms with E-state index in [0.29, 0.717) is 41.8 Å². The fourth-order valence-corrected chi connectivity index (χ4v) is 6.63. The Labute approximate surface area is 181 Å². The summed E-state index contributed by atoms with van der Waals surface area (Å²) in [6.45, 7) is 2.44. The highest BCUT2D eigenvalue weighted by atomic mass is 32.2. The van der Waals surface area contributed by atoms with Gasteiger partial charge in [0.05, 0.1) is 11.5 Å². The van der Waals surface area contributed by atoms with Crippen LogP contribution in [0, 0.1) is 0 Å². The molecule has 0 aliphatic carbocycles. The Kier molecular flexibility index (Phi) is 5.23. The monoisotopic (exact) mass is 440 g/mol. The van der Waals surface area contributed by atoms with E-state index in [1.54, 1.807) is 41.0 Å². The molecule has 1 unspecified atom stereocenters. The number of hydrogen-bond donors (Lipinski definition) is 0. The van der Waals surface area contributed by atoms with Gasteiger partial charge in [0.15, 0.2) is 0 Å². The lowest BCUT2D eigenvalue weighted by Gasteiger charge is -2.36. The number of ether oxygens (including phenoxy) is 1. The first-order valence-corrected chi connectivity index (χ1v) is 12.0. The highest BCUT2D eigenvalue weighted by Crippen LogP contribution is 2.45. The van der Waals surface area contributed by atoms with Gasteiger partial charge in [0.2, 0.25) is 21.7 Å². The quantitative estimate of drug-likeness (QED) is 0.577. The molecule has 2 fully saturated rings. The molecule has 2 aliphatic heterocycles. The van der Waals surface area contributed by atoms with Crippen LogP contribution in [0.15, 0.2) is 58.2 Å². The van der Waals surface area contributed by atoms with Crippen LogP contribution in [0.25, 0.3) is 11.4 Å². The minimum Gasteiger partial charge on any atom is -0.494 e. The summed E-state index contributed by atoms with van der Waals surface area (Å²) < 4.78 is 39.5. The highest BCUT2D eigenvalue weighted by Gasteiger charge is 2.48. The van der Waals surface area contributed by atoms with Crippen LogP contribution >= 0.6 is 0 Å². The average molecular weight is 441 g/mol. The Morgan fingerprint density at radius 3 is 2.39 bits per heavy atom. The Morgan fingerprint density at radius 1 is 1.06 bits per heavy atom. The van der Waals surface area contributed by atoms with Crippen LogP contribution in [-0.4, -0.2) is 46.5 Å². The molecule has 0 saturated carbocycles. The molecule has 162 valence electrons. The summed E-state index contributed by atoms with van der Waals surface area (Å²) in [5.41, 5.74) is 0.850. The second-order valence-electron chi connectivity index (χ2n) is 7.98. The third kappa shape index (κ3) is 3.72. The number of rotatable bonds is 6. The third-order valence-electron chi connectivity index (χ3n) is 6.11. The van der Waals surface area contributed by atoms with Crippen molar-refractivity contribution in [1.29, 1.82) is 0 Å². The maximum absolute atomic E-state index is 13.4. The number of benzene rings is 1. The van der Waals surface area contributed by atoms with Gasteiger partial charge in [0.1, 0.15) is 5.75 Å². The molecule has 2 bridgehead atoms. The van der Waals surface area contributed by atoms with Gasteiger partial charge in [0, 0.05) is 36.0 Å². The predicted octanol–water partition coefficient (Wildman–Crippen LogP) is 3.63. The van der Waals surface area contributed by atoms with Gasteiger partial charge in [0.25, 0.3) is 0 Å². The molecule has 3 aromatic rings. The van der Waals surface area contributed by atoms with Gasteiger partial charge in [-0.2, -0.15) is 9.29 Å². The van der Waals surface area contributed by atoms with Gasteiger partial charge >= 0.3 is 0 Å². The fourth-order valence-electron chi connectivity index (χ4n) is 4.74. The van der Waals surface area contributed by atoms with Gasteiger partial charge < -0.3 is 9.26 Å². The van der Waals surface area contributed by atoms with E-state index < -0.39 is 10.0 Å². The number of fused-ring (bicyclic) bond motifs is 2. The van der Waals surface area contributed by atoms with Crippen molar-refractivity contribution in [1.82, 2.24) is 19.4 Å². The van der Waals surface area contributed by atoms with Gasteiger partial charge in [-0.15, -0.1) is 0 Å². The van der Waals surface area contributed by atoms with Crippen molar-refractivity contribution < 1.29 is 17.7 Å². The molecule has 0 radical (unpaired) electrons. The predicted molar refractivity (Wildman–Crippen MR) is 113 cm³/mol. The maximum Gasteiger partial charge on any atom is 0.243 e. The second kappa shape index (κ2) is 8.05. The zero-order valence-corrected chi connectivity index (χ0v) is 18.0. The number of piperidine rings is 1. The molecule has 31 heavy (non-hydrogen) atoms. The summed E-state index contributed by atoms with van der Waals surface area (Å²) in [7, 11) is -3.57. The molecule has 2 aromatic heterocycles. The van der Waals surface area contributed by atoms with Crippen molar-refractivity contribution in [3.05, 3.63) is 54.7 Å². The van der Waals surface area contributed by atoms with Gasteiger partial charge in [-0.1, -0.05) is 5.16 Å². The van der Waals surface area contributed by atoms with E-state index >= 15 is 0 Å². The molecule has 4 heterocycles. The van der Waals surface area contributed by atoms with Crippen LogP contribution < -0.4 is 4.74 Å². The molecular weight excluding hydrogens is 416 g/mol. The topological polar surface area (TPSA) is 98.4 Å². The number of pyridine rings is 1. The molecule has 0 spiro atoms. The van der Waals surface area contributed by atoms with E-state index in [9.17, 15) is 8.42 Å². The van der Waals surface area contributed by atoms with Crippen molar-refractivity contribution in [2.45, 2.75) is 55.5 Å². The molecule has 0 N–H and O–H groups in total. The van der Waals surface area contributed by atoms with Crippen LogP contribution in [0.4, 0.5) is 0 Å². The van der Waals surface area contributed by atoms with E-state index in [2.05, 4.69) is 15.1 Å². The molecular formula is C22H24N4O4S. The minimum absolute atomic E-state index is 0.0587. The molecule has 1 aromatic carbocycles. The van der Waals surface area contributed by atoms with Crippen LogP contribution in [0.3, 0.4) is 0 Å². The molecule has 8 nitrogen and oxygen atoms in total. The molecule has 3 atom stereocenters. The summed E-state index contributed by atoms with van der Waals surface area (Å²) in [5, 5.41) is 4.11. The largest absolute Gasteiger partial charge is 0.494 e. The molecule has 2 aliphatic rings. The van der Waals surface area contributed by atoms with E-state index in [4.69, 9.17) is 9.26 Å². The van der Waals surface area contributed by atoms with Crippen molar-refractivity contribution in [3.8, 4) is 17.1 Å². The summed E-state index contributed by atoms with van der Waals surface area (Å²) in [5.74, 6) is 1.85. The number of aromatic nitrogens is 3. The fraction of sp³-hybridized carbons (Fsp3) is 0.409. The summed E-state index contributed by atoms with van der Waals surface area (Å²) in [4.78, 5) is 8.91. The van der Waals surface area contributed by atoms with Gasteiger partial charge in [-0.3, -0.25) is 4.98 Å². The van der Waals surface area contributed by atoms with Crippen LogP contribution in [0.1, 0.15) is 44.4 Å². The smallest absolute Gasteiger partial charge is 0.243 e. The Morgan fingerprint density at radius 2 is 1.74 bits per heavy atom. The highest BCUT2D eigenvalue weighted by molar-refractivity contribution is 7.89. The number of sulfonamides is 1. The van der Waals surface area contributed by atoms with E-state index in [1.165, 1.54) is 0 Å². The first-order valence-electron chi connectivity index (χ1n) is 10.6. The molecule has 5 rings (SSSR count). The zero-order chi connectivity index (χ0) is 21.4. The second-order valence-corrected chi connectivity index (χ2v) is 9.83. The Balaban J connectivity index is 1.35. The SMILES string of the molecule is CCOc1ccc(S(=O)(=O)N2[C@@H]3CC[C@H]2CC(c2nc(-c4ccncc4)no2)C3)cc1. The van der Waals surface area contributed by atoms with Crippen LogP contribution in [0.5, 0.6) is 5.75 Å². The summed E-state index contributed by atoms with van der Waals surface area (Å²) in [6, 6.07) is 10.2. The van der Waals surface area contributed by atoms with Crippen molar-refractivity contribution in [2.75, 3.05) is 6.61 Å². The first kappa shape index (κ1) is 20.1. The zero-order valence-electron chi connectivity index (χ0n) is 17.2. The normalized spacial score (nSPS) is 23.7. The van der Waals surface area contributed by atoms with Crippen LogP contribution in [-0.2, 0) is 10.0 Å². The van der Waals surface area contributed by atoms with Crippen molar-refractivity contribution in [2.24, 2.45) is 0 Å². The van der Waals surface area contributed by atoms with E-state index in [1.807, 2.05) is 19.1 Å². The van der Waals surface area contributed by atoms with Crippen molar-refractivity contribution in [3.63, 3.8) is 0 Å².